The second-order valence-electron chi connectivity index (χ2n) is 17.3. The number of nitrogens with zero attached hydrogens (tertiary/aromatic N) is 2. The Hall–Kier alpha value is -8.72. The van der Waals surface area contributed by atoms with Gasteiger partial charge in [-0.15, -0.1) is 0 Å². The fraction of sp³-hybridized carbons (Fsp3) is 0. The molecule has 0 unspecified atom stereocenters. The molecule has 0 aliphatic rings. The second-order valence-corrected chi connectivity index (χ2v) is 17.3. The van der Waals surface area contributed by atoms with Gasteiger partial charge in [0, 0.05) is 33.5 Å². The Morgan fingerprint density at radius 1 is 0.227 bits per heavy atom. The average molecular weight is 839 g/mol. The van der Waals surface area contributed by atoms with Gasteiger partial charge in [-0.25, -0.2) is 0 Å². The third kappa shape index (κ3) is 6.34. The monoisotopic (exact) mass is 838 g/mol. The molecular weight excluding hydrogens is 797 g/mol. The van der Waals surface area contributed by atoms with Gasteiger partial charge in [0.25, 0.3) is 0 Å². The molecule has 13 aromatic rings. The summed E-state index contributed by atoms with van der Waals surface area (Å²) in [5, 5.41) is 12.5. The van der Waals surface area contributed by atoms with Crippen LogP contribution in [0.25, 0.3) is 104 Å². The van der Waals surface area contributed by atoms with Gasteiger partial charge in [0.2, 0.25) is 0 Å². The van der Waals surface area contributed by atoms with Crippen LogP contribution in [0.3, 0.4) is 0 Å². The molecule has 13 rings (SSSR count). The van der Waals surface area contributed by atoms with E-state index < -0.39 is 0 Å². The molecule has 1 aromatic heterocycles. The lowest BCUT2D eigenvalue weighted by Gasteiger charge is -2.27. The van der Waals surface area contributed by atoms with E-state index in [1.165, 1.54) is 98.3 Å². The number of rotatable bonds is 7. The first kappa shape index (κ1) is 37.8. The Morgan fingerprint density at radius 2 is 0.636 bits per heavy atom. The lowest BCUT2D eigenvalue weighted by atomic mass is 9.94. The van der Waals surface area contributed by atoms with Gasteiger partial charge in [-0.05, 0) is 149 Å². The van der Waals surface area contributed by atoms with Crippen molar-refractivity contribution < 1.29 is 0 Å². The van der Waals surface area contributed by atoms with Crippen molar-refractivity contribution in [2.75, 3.05) is 4.90 Å². The Morgan fingerprint density at radius 3 is 1.24 bits per heavy atom. The van der Waals surface area contributed by atoms with Crippen molar-refractivity contribution in [3.63, 3.8) is 0 Å². The van der Waals surface area contributed by atoms with Crippen molar-refractivity contribution in [1.29, 1.82) is 0 Å². The van der Waals surface area contributed by atoms with Crippen LogP contribution in [0.1, 0.15) is 0 Å². The maximum Gasteiger partial charge on any atom is 0.0541 e. The molecule has 1 heterocycles. The van der Waals surface area contributed by atoms with Crippen LogP contribution in [0, 0.1) is 0 Å². The topological polar surface area (TPSA) is 8.17 Å². The molecule has 308 valence electrons. The molecule has 2 nitrogen and oxygen atoms in total. The number of aromatic nitrogens is 1. The average Bonchev–Trinajstić information content (AvgIpc) is 3.72. The quantitative estimate of drug-likeness (QED) is 0.145. The summed E-state index contributed by atoms with van der Waals surface area (Å²) >= 11 is 0. The van der Waals surface area contributed by atoms with E-state index in [1.807, 2.05) is 0 Å². The number of anilines is 3. The summed E-state index contributed by atoms with van der Waals surface area (Å²) in [5.74, 6) is 0. The maximum atomic E-state index is 2.41. The molecule has 0 amide bonds. The zero-order chi connectivity index (χ0) is 43.6. The zero-order valence-corrected chi connectivity index (χ0v) is 36.1. The molecule has 0 spiro atoms. The van der Waals surface area contributed by atoms with Gasteiger partial charge in [0.15, 0.2) is 0 Å². The smallest absolute Gasteiger partial charge is 0.0541 e. The van der Waals surface area contributed by atoms with Gasteiger partial charge < -0.3 is 9.47 Å². The van der Waals surface area contributed by atoms with Gasteiger partial charge >= 0.3 is 0 Å². The first-order chi connectivity index (χ1) is 32.7. The third-order valence-corrected chi connectivity index (χ3v) is 13.5. The van der Waals surface area contributed by atoms with Gasteiger partial charge in [0.1, 0.15) is 0 Å². The SMILES string of the molecule is c1ccc(-c2ccc(-c3ccc4c(c3)c3cc(-c5ccc(N(c6ccc7ccccc7c6)c6ccc7c8ccccc8c8ccccc8c7c6)cc5)ccc3n4-c3ccccc3)cc2)cc1. The van der Waals surface area contributed by atoms with Crippen LogP contribution in [0.15, 0.2) is 255 Å². The molecule has 0 radical (unpaired) electrons. The highest BCUT2D eigenvalue weighted by molar-refractivity contribution is 6.26. The van der Waals surface area contributed by atoms with Crippen LogP contribution in [0.2, 0.25) is 0 Å². The van der Waals surface area contributed by atoms with Crippen molar-refractivity contribution in [3.05, 3.63) is 255 Å². The maximum absolute atomic E-state index is 2.41. The van der Waals surface area contributed by atoms with Crippen molar-refractivity contribution in [2.24, 2.45) is 0 Å². The summed E-state index contributed by atoms with van der Waals surface area (Å²) in [6.45, 7) is 0. The van der Waals surface area contributed by atoms with E-state index in [9.17, 15) is 0 Å². The van der Waals surface area contributed by atoms with Gasteiger partial charge in [-0.1, -0.05) is 182 Å². The molecule has 0 bridgehead atoms. The van der Waals surface area contributed by atoms with E-state index in [4.69, 9.17) is 0 Å². The minimum absolute atomic E-state index is 1.10. The van der Waals surface area contributed by atoms with Gasteiger partial charge in [0.05, 0.1) is 11.0 Å². The summed E-state index contributed by atoms with van der Waals surface area (Å²) in [6.07, 6.45) is 0. The van der Waals surface area contributed by atoms with Crippen LogP contribution in [-0.4, -0.2) is 4.57 Å². The number of hydrogen-bond donors (Lipinski definition) is 0. The third-order valence-electron chi connectivity index (χ3n) is 13.5. The summed E-state index contributed by atoms with van der Waals surface area (Å²) in [6, 6.07) is 93.3. The normalized spacial score (nSPS) is 11.6. The van der Waals surface area contributed by atoms with Gasteiger partial charge in [-0.3, -0.25) is 0 Å². The molecule has 12 aromatic carbocycles. The Kier molecular flexibility index (Phi) is 8.89. The van der Waals surface area contributed by atoms with Crippen molar-refractivity contribution in [3.8, 4) is 39.1 Å². The fourth-order valence-corrected chi connectivity index (χ4v) is 10.3. The summed E-state index contributed by atoms with van der Waals surface area (Å²) in [4.78, 5) is 2.41. The highest BCUT2D eigenvalue weighted by Crippen LogP contribution is 2.43. The molecular formula is C64H42N2. The molecule has 0 saturated carbocycles. The van der Waals surface area contributed by atoms with E-state index >= 15 is 0 Å². The van der Waals surface area contributed by atoms with Crippen LogP contribution >= 0.6 is 0 Å². The molecule has 0 aliphatic carbocycles. The van der Waals surface area contributed by atoms with E-state index in [0.717, 1.165) is 22.7 Å². The molecule has 0 fully saturated rings. The largest absolute Gasteiger partial charge is 0.310 e. The molecule has 0 saturated heterocycles. The second kappa shape index (κ2) is 15.5. The van der Waals surface area contributed by atoms with Crippen molar-refractivity contribution in [2.45, 2.75) is 0 Å². The molecule has 66 heavy (non-hydrogen) atoms. The van der Waals surface area contributed by atoms with Gasteiger partial charge in [-0.2, -0.15) is 0 Å². The first-order valence-electron chi connectivity index (χ1n) is 22.7. The lowest BCUT2D eigenvalue weighted by molar-refractivity contribution is 1.18. The number of fused-ring (bicyclic) bond motifs is 10. The highest BCUT2D eigenvalue weighted by Gasteiger charge is 2.18. The minimum Gasteiger partial charge on any atom is -0.310 e. The first-order valence-corrected chi connectivity index (χ1v) is 22.7. The lowest BCUT2D eigenvalue weighted by Crippen LogP contribution is -2.10. The summed E-state index contributed by atoms with van der Waals surface area (Å²) in [7, 11) is 0. The Bertz CT molecular complexity index is 3920. The molecule has 0 atom stereocenters. The van der Waals surface area contributed by atoms with E-state index in [1.54, 1.807) is 0 Å². The standard InChI is InChI=1S/C64H42N2/c1-3-13-43(14-4-1)45-23-25-46(26-24-45)49-30-37-63-61(40-49)62-41-50(31-38-64(62)66(63)51-17-5-2-6-18-51)47-27-32-52(33-28-47)65(53-34-29-44-15-7-8-16-48(44)39-53)54-35-36-59-57-21-10-9-19-55(57)56-20-11-12-22-58(56)60(59)42-54/h1-42H. The van der Waals surface area contributed by atoms with Crippen LogP contribution < -0.4 is 4.90 Å². The summed E-state index contributed by atoms with van der Waals surface area (Å²) in [5.41, 5.74) is 14.1. The van der Waals surface area contributed by atoms with Crippen molar-refractivity contribution in [1.82, 2.24) is 4.57 Å². The molecule has 2 heteroatoms. The number of para-hydroxylation sites is 1. The van der Waals surface area contributed by atoms with E-state index in [2.05, 4.69) is 264 Å². The predicted molar refractivity (Wildman–Crippen MR) is 282 cm³/mol. The van der Waals surface area contributed by atoms with Crippen LogP contribution in [0.4, 0.5) is 17.1 Å². The summed E-state index contributed by atoms with van der Waals surface area (Å²) < 4.78 is 2.40. The number of hydrogen-bond acceptors (Lipinski definition) is 1. The predicted octanol–water partition coefficient (Wildman–Crippen LogP) is 17.9. The minimum atomic E-state index is 1.10. The highest BCUT2D eigenvalue weighted by atomic mass is 15.1. The number of benzene rings is 12. The zero-order valence-electron chi connectivity index (χ0n) is 36.1. The van der Waals surface area contributed by atoms with Crippen molar-refractivity contribution >= 4 is 82.0 Å². The Balaban J connectivity index is 0.935. The fourth-order valence-electron chi connectivity index (χ4n) is 10.3. The van der Waals surface area contributed by atoms with E-state index in [0.29, 0.717) is 0 Å². The van der Waals surface area contributed by atoms with Crippen LogP contribution in [-0.2, 0) is 0 Å². The molecule has 0 N–H and O–H groups in total. The van der Waals surface area contributed by atoms with E-state index in [-0.39, 0.29) is 0 Å². The van der Waals surface area contributed by atoms with Crippen LogP contribution in [0.5, 0.6) is 0 Å². The molecule has 0 aliphatic heterocycles. The Labute approximate surface area is 383 Å².